The molecule has 2 aromatic carbocycles. The molecular weight excluding hydrogens is 386 g/mol. The second-order valence-corrected chi connectivity index (χ2v) is 9.46. The van der Waals surface area contributed by atoms with E-state index in [1.54, 1.807) is 0 Å². The number of carbonyl (C=O) groups excluding carboxylic acids is 2. The first-order valence-corrected chi connectivity index (χ1v) is 11.8. The van der Waals surface area contributed by atoms with Crippen LogP contribution in [0, 0.1) is 5.92 Å². The van der Waals surface area contributed by atoms with Crippen molar-refractivity contribution >= 4 is 11.9 Å². The number of carbonyl (C=O) groups is 2. The summed E-state index contributed by atoms with van der Waals surface area (Å²) in [7, 11) is 0. The predicted octanol–water partition coefficient (Wildman–Crippen LogP) is 2.87. The zero-order valence-corrected chi connectivity index (χ0v) is 18.1. The molecule has 162 valence electrons. The fourth-order valence-corrected chi connectivity index (χ4v) is 6.08. The highest BCUT2D eigenvalue weighted by Gasteiger charge is 2.54. The van der Waals surface area contributed by atoms with E-state index in [9.17, 15) is 9.59 Å². The SMILES string of the molecule is O=C1N[C@](Cc2ccccc2)(c2ccccc2)C(=O)N1C[NH+]1CCC[C@H]2CCCC[C@@H]21. The van der Waals surface area contributed by atoms with Crippen LogP contribution >= 0.6 is 0 Å². The van der Waals surface area contributed by atoms with Crippen LogP contribution in [0.25, 0.3) is 0 Å². The number of hydrogen-bond donors (Lipinski definition) is 2. The maximum atomic E-state index is 13.9. The van der Waals surface area contributed by atoms with Crippen molar-refractivity contribution in [2.24, 2.45) is 5.92 Å². The number of piperidine rings is 1. The van der Waals surface area contributed by atoms with Gasteiger partial charge in [0.15, 0.2) is 12.2 Å². The van der Waals surface area contributed by atoms with Gasteiger partial charge in [0, 0.05) is 12.3 Å². The summed E-state index contributed by atoms with van der Waals surface area (Å²) in [5.74, 6) is 0.638. The minimum Gasteiger partial charge on any atom is -0.319 e. The second kappa shape index (κ2) is 8.46. The van der Waals surface area contributed by atoms with Crippen LogP contribution in [0.4, 0.5) is 4.79 Å². The first-order valence-electron chi connectivity index (χ1n) is 11.8. The molecule has 1 unspecified atom stereocenters. The number of likely N-dealkylation sites (tertiary alicyclic amines) is 1. The van der Waals surface area contributed by atoms with Crippen LogP contribution in [-0.2, 0) is 16.8 Å². The van der Waals surface area contributed by atoms with Crippen molar-refractivity contribution in [2.75, 3.05) is 13.2 Å². The van der Waals surface area contributed by atoms with Crippen LogP contribution in [0.5, 0.6) is 0 Å². The number of rotatable bonds is 5. The van der Waals surface area contributed by atoms with E-state index in [0.717, 1.165) is 23.6 Å². The molecule has 1 aliphatic carbocycles. The summed E-state index contributed by atoms with van der Waals surface area (Å²) < 4.78 is 0. The summed E-state index contributed by atoms with van der Waals surface area (Å²) in [6, 6.07) is 20.0. The molecule has 0 radical (unpaired) electrons. The van der Waals surface area contributed by atoms with Crippen LogP contribution < -0.4 is 10.2 Å². The van der Waals surface area contributed by atoms with Gasteiger partial charge in [0.2, 0.25) is 0 Å². The van der Waals surface area contributed by atoms with Gasteiger partial charge in [-0.3, -0.25) is 4.79 Å². The Bertz CT molecular complexity index is 930. The highest BCUT2D eigenvalue weighted by Crippen LogP contribution is 2.33. The molecule has 2 N–H and O–H groups in total. The highest BCUT2D eigenvalue weighted by molar-refractivity contribution is 6.07. The molecule has 1 saturated carbocycles. The van der Waals surface area contributed by atoms with Gasteiger partial charge in [0.05, 0.1) is 12.6 Å². The predicted molar refractivity (Wildman–Crippen MR) is 119 cm³/mol. The second-order valence-electron chi connectivity index (χ2n) is 9.46. The van der Waals surface area contributed by atoms with E-state index in [0.29, 0.717) is 19.1 Å². The maximum Gasteiger partial charge on any atom is 0.329 e. The van der Waals surface area contributed by atoms with Gasteiger partial charge < -0.3 is 10.2 Å². The van der Waals surface area contributed by atoms with Crippen molar-refractivity contribution in [1.82, 2.24) is 10.2 Å². The van der Waals surface area contributed by atoms with E-state index in [1.165, 1.54) is 48.3 Å². The number of quaternary nitrogens is 1. The number of hydrogen-bond acceptors (Lipinski definition) is 2. The Morgan fingerprint density at radius 2 is 1.58 bits per heavy atom. The molecule has 4 atom stereocenters. The van der Waals surface area contributed by atoms with E-state index < -0.39 is 5.54 Å². The van der Waals surface area contributed by atoms with Gasteiger partial charge in [-0.05, 0) is 43.2 Å². The lowest BCUT2D eigenvalue weighted by Crippen LogP contribution is -3.19. The third-order valence-corrected chi connectivity index (χ3v) is 7.62. The molecule has 2 saturated heterocycles. The van der Waals surface area contributed by atoms with Crippen LogP contribution in [-0.4, -0.2) is 36.1 Å². The minimum absolute atomic E-state index is 0.113. The van der Waals surface area contributed by atoms with Gasteiger partial charge in [-0.2, -0.15) is 0 Å². The monoisotopic (exact) mass is 418 g/mol. The third-order valence-electron chi connectivity index (χ3n) is 7.62. The maximum absolute atomic E-state index is 13.9. The topological polar surface area (TPSA) is 53.9 Å². The van der Waals surface area contributed by atoms with Crippen molar-refractivity contribution in [3.63, 3.8) is 0 Å². The van der Waals surface area contributed by atoms with Crippen molar-refractivity contribution in [2.45, 2.75) is 56.5 Å². The van der Waals surface area contributed by atoms with Gasteiger partial charge in [0.1, 0.15) is 0 Å². The summed E-state index contributed by atoms with van der Waals surface area (Å²) in [5.41, 5.74) is 0.851. The number of nitrogens with one attached hydrogen (secondary N) is 2. The van der Waals surface area contributed by atoms with Crippen LogP contribution in [0.2, 0.25) is 0 Å². The van der Waals surface area contributed by atoms with Crippen molar-refractivity contribution < 1.29 is 14.5 Å². The molecule has 0 aromatic heterocycles. The quantitative estimate of drug-likeness (QED) is 0.734. The first-order chi connectivity index (χ1) is 15.2. The molecule has 3 fully saturated rings. The summed E-state index contributed by atoms with van der Waals surface area (Å²) in [4.78, 5) is 30.0. The Morgan fingerprint density at radius 3 is 2.35 bits per heavy atom. The number of urea groups is 1. The number of nitrogens with zero attached hydrogens (tertiary/aromatic N) is 1. The molecule has 31 heavy (non-hydrogen) atoms. The fourth-order valence-electron chi connectivity index (χ4n) is 6.08. The zero-order valence-electron chi connectivity index (χ0n) is 18.1. The Labute approximate surface area is 184 Å². The lowest BCUT2D eigenvalue weighted by Gasteiger charge is -2.42. The molecule has 5 rings (SSSR count). The van der Waals surface area contributed by atoms with Crippen LogP contribution in [0.1, 0.15) is 49.7 Å². The smallest absolute Gasteiger partial charge is 0.319 e. The van der Waals surface area contributed by atoms with Gasteiger partial charge in [-0.15, -0.1) is 0 Å². The average Bonchev–Trinajstić information content (AvgIpc) is 3.05. The molecule has 0 spiro atoms. The zero-order chi connectivity index (χ0) is 21.3. The number of fused-ring (bicyclic) bond motifs is 1. The standard InChI is InChI=1S/C26H31N3O2/c30-24-26(22-14-5-2-6-15-22,18-20-10-3-1-4-11-20)27-25(31)29(24)19-28-17-9-13-21-12-7-8-16-23(21)28/h1-6,10-11,14-15,21,23H,7-9,12-13,16-19H2,(H,27,31)/p+1/t21-,23+,26-/m1/s1. The van der Waals surface area contributed by atoms with Crippen molar-refractivity contribution in [3.05, 3.63) is 71.8 Å². The molecule has 3 amide bonds. The van der Waals surface area contributed by atoms with E-state index in [4.69, 9.17) is 0 Å². The highest BCUT2D eigenvalue weighted by atomic mass is 16.2. The number of benzene rings is 2. The molecule has 2 aromatic rings. The summed E-state index contributed by atoms with van der Waals surface area (Å²) >= 11 is 0. The van der Waals surface area contributed by atoms with Gasteiger partial charge in [-0.1, -0.05) is 67.1 Å². The molecule has 5 nitrogen and oxygen atoms in total. The third kappa shape index (κ3) is 3.76. The molecule has 2 heterocycles. The molecule has 0 bridgehead atoms. The summed E-state index contributed by atoms with van der Waals surface area (Å²) in [6.45, 7) is 1.53. The molecule has 5 heteroatoms. The van der Waals surface area contributed by atoms with E-state index in [2.05, 4.69) is 5.32 Å². The van der Waals surface area contributed by atoms with E-state index >= 15 is 0 Å². The molecule has 3 aliphatic rings. The van der Waals surface area contributed by atoms with Crippen molar-refractivity contribution in [1.29, 1.82) is 0 Å². The number of amides is 3. The fraction of sp³-hybridized carbons (Fsp3) is 0.462. The lowest BCUT2D eigenvalue weighted by molar-refractivity contribution is -0.942. The Morgan fingerprint density at radius 1 is 0.903 bits per heavy atom. The Hall–Kier alpha value is -2.66. The first kappa shape index (κ1) is 20.3. The van der Waals surface area contributed by atoms with Crippen LogP contribution in [0.3, 0.4) is 0 Å². The minimum atomic E-state index is -1.04. The number of imide groups is 1. The van der Waals surface area contributed by atoms with Gasteiger partial charge in [0.25, 0.3) is 5.91 Å². The van der Waals surface area contributed by atoms with E-state index in [-0.39, 0.29) is 11.9 Å². The Balaban J connectivity index is 1.44. The van der Waals surface area contributed by atoms with Crippen molar-refractivity contribution in [3.8, 4) is 0 Å². The normalized spacial score (nSPS) is 30.7. The van der Waals surface area contributed by atoms with Gasteiger partial charge >= 0.3 is 6.03 Å². The van der Waals surface area contributed by atoms with Crippen LogP contribution in [0.15, 0.2) is 60.7 Å². The lowest BCUT2D eigenvalue weighted by atomic mass is 9.78. The summed E-state index contributed by atoms with van der Waals surface area (Å²) in [5, 5.41) is 3.12. The average molecular weight is 419 g/mol. The molecular formula is C26H32N3O2+. The Kier molecular flexibility index (Phi) is 5.53. The molecule has 2 aliphatic heterocycles. The largest absolute Gasteiger partial charge is 0.329 e. The van der Waals surface area contributed by atoms with E-state index in [1.807, 2.05) is 60.7 Å². The van der Waals surface area contributed by atoms with Gasteiger partial charge in [-0.25, -0.2) is 9.69 Å². The summed E-state index contributed by atoms with van der Waals surface area (Å²) in [6.07, 6.45) is 8.07.